The van der Waals surface area contributed by atoms with Crippen LogP contribution >= 0.6 is 0 Å². The van der Waals surface area contributed by atoms with E-state index in [1.165, 1.54) is 16.7 Å². The van der Waals surface area contributed by atoms with Gasteiger partial charge in [0, 0.05) is 13.2 Å². The Balaban J connectivity index is 1.42. The van der Waals surface area contributed by atoms with Gasteiger partial charge in [-0.25, -0.2) is 0 Å². The predicted octanol–water partition coefficient (Wildman–Crippen LogP) is 8.71. The van der Waals surface area contributed by atoms with E-state index in [9.17, 15) is 0 Å². The lowest BCUT2D eigenvalue weighted by Crippen LogP contribution is -2.48. The lowest BCUT2D eigenvalue weighted by Gasteiger charge is -2.42. The van der Waals surface area contributed by atoms with Crippen LogP contribution in [0.3, 0.4) is 0 Å². The van der Waals surface area contributed by atoms with Gasteiger partial charge in [0.15, 0.2) is 8.32 Å². The highest BCUT2D eigenvalue weighted by Crippen LogP contribution is 2.43. The quantitative estimate of drug-likeness (QED) is 0.217. The molecule has 0 spiro atoms. The third kappa shape index (κ3) is 6.56. The van der Waals surface area contributed by atoms with Crippen molar-refractivity contribution in [2.75, 3.05) is 13.2 Å². The molecule has 2 aromatic rings. The van der Waals surface area contributed by atoms with Gasteiger partial charge < -0.3 is 23.2 Å². The summed E-state index contributed by atoms with van der Waals surface area (Å²) in [6, 6.07) is 14.9. The summed E-state index contributed by atoms with van der Waals surface area (Å²) in [6.45, 7) is 25.9. The van der Waals surface area contributed by atoms with E-state index in [-0.39, 0.29) is 30.5 Å². The van der Waals surface area contributed by atoms with Crippen LogP contribution in [-0.4, -0.2) is 39.9 Å². The Morgan fingerprint density at radius 2 is 1.48 bits per heavy atom. The first-order valence-corrected chi connectivity index (χ1v) is 18.4. The number of hydrogen-bond acceptors (Lipinski definition) is 5. The van der Waals surface area contributed by atoms with E-state index in [2.05, 4.69) is 119 Å². The molecule has 0 amide bonds. The largest absolute Gasteiger partial charge is 0.495 e. The van der Waals surface area contributed by atoms with E-state index in [0.717, 1.165) is 37.1 Å². The SMILES string of the molecule is CCO[C@@H](CCO[Si](C(C)C)(C(C)C)C(C)C)c1ccc(O[C@@H]2CCc3c(B4OC(C)(C)C(C)(C)O4)cccc32)cc1. The Bertz CT molecular complexity index is 1140. The molecule has 1 fully saturated rings. The Morgan fingerprint density at radius 3 is 2.02 bits per heavy atom. The Labute approximate surface area is 257 Å². The van der Waals surface area contributed by atoms with Crippen molar-refractivity contribution in [3.05, 3.63) is 59.2 Å². The van der Waals surface area contributed by atoms with Crippen molar-refractivity contribution in [2.45, 2.75) is 135 Å². The maximum atomic E-state index is 6.84. The maximum absolute atomic E-state index is 6.84. The highest BCUT2D eigenvalue weighted by atomic mass is 28.4. The number of benzene rings is 2. The molecular weight excluding hydrogens is 539 g/mol. The van der Waals surface area contributed by atoms with Crippen LogP contribution in [0.25, 0.3) is 0 Å². The molecule has 1 aliphatic heterocycles. The zero-order valence-corrected chi connectivity index (χ0v) is 29.1. The lowest BCUT2D eigenvalue weighted by atomic mass is 9.75. The average Bonchev–Trinajstić information content (AvgIpc) is 3.41. The second-order valence-electron chi connectivity index (χ2n) is 14.1. The van der Waals surface area contributed by atoms with E-state index in [4.69, 9.17) is 23.2 Å². The third-order valence-corrected chi connectivity index (χ3v) is 16.2. The highest BCUT2D eigenvalue weighted by molar-refractivity contribution is 6.77. The molecule has 2 atom stereocenters. The molecule has 0 radical (unpaired) electrons. The molecule has 5 nitrogen and oxygen atoms in total. The van der Waals surface area contributed by atoms with E-state index in [1.54, 1.807) is 0 Å². The molecule has 4 rings (SSSR count). The Hall–Kier alpha value is -1.64. The Kier molecular flexibility index (Phi) is 10.4. The van der Waals surface area contributed by atoms with Crippen LogP contribution in [0.1, 0.15) is 118 Å². The van der Waals surface area contributed by atoms with Crippen molar-refractivity contribution < 1.29 is 23.2 Å². The van der Waals surface area contributed by atoms with Crippen LogP contribution in [-0.2, 0) is 24.9 Å². The van der Waals surface area contributed by atoms with E-state index < -0.39 is 8.32 Å². The first kappa shape index (κ1) is 33.3. The third-order valence-electron chi connectivity index (χ3n) is 10.1. The normalized spacial score (nSPS) is 20.5. The molecule has 0 saturated carbocycles. The maximum Gasteiger partial charge on any atom is 0.495 e. The zero-order chi connectivity index (χ0) is 30.9. The number of ether oxygens (including phenoxy) is 2. The molecule has 2 aliphatic rings. The van der Waals surface area contributed by atoms with Gasteiger partial charge >= 0.3 is 7.12 Å². The van der Waals surface area contributed by atoms with Gasteiger partial charge in [0.25, 0.3) is 0 Å². The minimum atomic E-state index is -1.90. The van der Waals surface area contributed by atoms with E-state index >= 15 is 0 Å². The Morgan fingerprint density at radius 1 is 0.881 bits per heavy atom. The van der Waals surface area contributed by atoms with Crippen LogP contribution in [0.15, 0.2) is 42.5 Å². The van der Waals surface area contributed by atoms with Gasteiger partial charge in [-0.3, -0.25) is 0 Å². The van der Waals surface area contributed by atoms with Gasteiger partial charge in [0.1, 0.15) is 11.9 Å². The number of fused-ring (bicyclic) bond motifs is 1. The van der Waals surface area contributed by atoms with Crippen molar-refractivity contribution in [1.82, 2.24) is 0 Å². The summed E-state index contributed by atoms with van der Waals surface area (Å²) >= 11 is 0. The second-order valence-corrected chi connectivity index (χ2v) is 19.6. The molecule has 2 aromatic carbocycles. The summed E-state index contributed by atoms with van der Waals surface area (Å²) in [5.74, 6) is 0.884. The molecule has 7 heteroatoms. The molecule has 1 saturated heterocycles. The number of hydrogen-bond donors (Lipinski definition) is 0. The summed E-state index contributed by atoms with van der Waals surface area (Å²) in [5.41, 5.74) is 5.87. The zero-order valence-electron chi connectivity index (χ0n) is 28.1. The summed E-state index contributed by atoms with van der Waals surface area (Å²) in [4.78, 5) is 0. The molecule has 0 N–H and O–H groups in total. The van der Waals surface area contributed by atoms with Crippen LogP contribution in [0.2, 0.25) is 16.6 Å². The van der Waals surface area contributed by atoms with Gasteiger partial charge in [0.05, 0.1) is 17.3 Å². The van der Waals surface area contributed by atoms with Crippen molar-refractivity contribution in [3.8, 4) is 5.75 Å². The minimum absolute atomic E-state index is 0.0110. The van der Waals surface area contributed by atoms with Crippen LogP contribution in [0.4, 0.5) is 0 Å². The molecule has 0 unspecified atom stereocenters. The van der Waals surface area contributed by atoms with Gasteiger partial charge in [-0.05, 0) is 105 Å². The highest BCUT2D eigenvalue weighted by Gasteiger charge is 2.52. The lowest BCUT2D eigenvalue weighted by molar-refractivity contribution is 0.00578. The van der Waals surface area contributed by atoms with Gasteiger partial charge in [-0.15, -0.1) is 0 Å². The molecule has 0 bridgehead atoms. The van der Waals surface area contributed by atoms with Crippen LogP contribution in [0.5, 0.6) is 5.75 Å². The standard InChI is InChI=1S/C35H55BO5Si/c1-12-37-32(22-23-38-42(24(2)3,25(4)5)26(6)7)27-16-18-28(19-17-27)39-33-21-20-29-30(33)14-13-15-31(29)36-40-34(8,9)35(10,11)41-36/h13-19,24-26,32-33H,12,20-23H2,1-11H3/t32-,33+/m0/s1. The van der Waals surface area contributed by atoms with E-state index in [1.807, 2.05) is 0 Å². The molecule has 1 heterocycles. The molecule has 232 valence electrons. The average molecular weight is 595 g/mol. The predicted molar refractivity (Wildman–Crippen MR) is 176 cm³/mol. The first-order valence-electron chi connectivity index (χ1n) is 16.2. The van der Waals surface area contributed by atoms with Crippen molar-refractivity contribution in [3.63, 3.8) is 0 Å². The van der Waals surface area contributed by atoms with Gasteiger partial charge in [-0.2, -0.15) is 0 Å². The fraction of sp³-hybridized carbons (Fsp3) is 0.657. The van der Waals surface area contributed by atoms with Crippen molar-refractivity contribution in [2.24, 2.45) is 0 Å². The van der Waals surface area contributed by atoms with Gasteiger partial charge in [-0.1, -0.05) is 71.9 Å². The number of rotatable bonds is 13. The second kappa shape index (κ2) is 13.2. The van der Waals surface area contributed by atoms with Crippen molar-refractivity contribution >= 4 is 20.9 Å². The topological polar surface area (TPSA) is 46.2 Å². The molecule has 42 heavy (non-hydrogen) atoms. The monoisotopic (exact) mass is 594 g/mol. The summed E-state index contributed by atoms with van der Waals surface area (Å²) in [7, 11) is -2.25. The summed E-state index contributed by atoms with van der Waals surface area (Å²) in [5, 5.41) is 0. The summed E-state index contributed by atoms with van der Waals surface area (Å²) in [6.07, 6.45) is 2.79. The summed E-state index contributed by atoms with van der Waals surface area (Å²) < 4.78 is 32.4. The fourth-order valence-corrected chi connectivity index (χ4v) is 12.7. The van der Waals surface area contributed by atoms with E-state index in [0.29, 0.717) is 23.2 Å². The van der Waals surface area contributed by atoms with Crippen molar-refractivity contribution in [1.29, 1.82) is 0 Å². The molecule has 0 aromatic heterocycles. The minimum Gasteiger partial charge on any atom is -0.486 e. The van der Waals surface area contributed by atoms with Gasteiger partial charge in [0.2, 0.25) is 0 Å². The smallest absolute Gasteiger partial charge is 0.486 e. The fourth-order valence-electron chi connectivity index (χ4n) is 7.27. The van der Waals surface area contributed by atoms with Crippen LogP contribution < -0.4 is 10.2 Å². The molecular formula is C35H55BO5Si. The van der Waals surface area contributed by atoms with Crippen LogP contribution in [0, 0.1) is 0 Å². The first-order chi connectivity index (χ1) is 19.7. The molecule has 1 aliphatic carbocycles.